The second kappa shape index (κ2) is 5.32. The molecule has 0 unspecified atom stereocenters. The zero-order valence-corrected chi connectivity index (χ0v) is 11.3. The lowest BCUT2D eigenvalue weighted by Crippen LogP contribution is -2.25. The summed E-state index contributed by atoms with van der Waals surface area (Å²) in [6.45, 7) is 0. The van der Waals surface area contributed by atoms with Crippen molar-refractivity contribution in [3.63, 3.8) is 0 Å². The van der Waals surface area contributed by atoms with Gasteiger partial charge in [0, 0.05) is 22.8 Å². The van der Waals surface area contributed by atoms with Crippen molar-refractivity contribution in [2.75, 3.05) is 7.05 Å². The molecule has 0 atom stereocenters. The molecule has 0 fully saturated rings. The Kier molecular flexibility index (Phi) is 3.79. The van der Waals surface area contributed by atoms with Crippen molar-refractivity contribution in [1.82, 2.24) is 4.90 Å². The monoisotopic (exact) mass is 291 g/mol. The van der Waals surface area contributed by atoms with Gasteiger partial charge in [0.2, 0.25) is 0 Å². The number of allylic oxidation sites excluding steroid dienone is 3. The first-order valence-corrected chi connectivity index (χ1v) is 6.38. The van der Waals surface area contributed by atoms with Gasteiger partial charge in [-0.1, -0.05) is 34.1 Å². The van der Waals surface area contributed by atoms with Gasteiger partial charge in [-0.25, -0.2) is 0 Å². The fraction of sp³-hybridized carbons (Fsp3) is 0.214. The van der Waals surface area contributed by atoms with Crippen LogP contribution in [0.25, 0.3) is 0 Å². The lowest BCUT2D eigenvalue weighted by molar-refractivity contribution is 0.0840. The topological polar surface area (TPSA) is 20.3 Å². The van der Waals surface area contributed by atoms with Crippen LogP contribution in [0, 0.1) is 0 Å². The van der Waals surface area contributed by atoms with Crippen molar-refractivity contribution in [1.29, 1.82) is 0 Å². The highest BCUT2D eigenvalue weighted by Crippen LogP contribution is 2.18. The predicted octanol–water partition coefficient (Wildman–Crippen LogP) is 3.76. The molecule has 88 valence electrons. The first-order valence-electron chi connectivity index (χ1n) is 5.59. The first kappa shape index (κ1) is 12.1. The van der Waals surface area contributed by atoms with Crippen LogP contribution in [0.1, 0.15) is 23.2 Å². The van der Waals surface area contributed by atoms with Gasteiger partial charge in [-0.15, -0.1) is 0 Å². The Hall–Kier alpha value is -1.35. The van der Waals surface area contributed by atoms with E-state index in [2.05, 4.69) is 28.1 Å². The Morgan fingerprint density at radius 1 is 1.35 bits per heavy atom. The van der Waals surface area contributed by atoms with E-state index in [0.29, 0.717) is 5.56 Å². The molecule has 1 aromatic carbocycles. The Morgan fingerprint density at radius 3 is 2.82 bits per heavy atom. The van der Waals surface area contributed by atoms with Crippen LogP contribution in [-0.2, 0) is 0 Å². The van der Waals surface area contributed by atoms with Crippen molar-refractivity contribution >= 4 is 21.8 Å². The van der Waals surface area contributed by atoms with Crippen LogP contribution in [0.5, 0.6) is 0 Å². The van der Waals surface area contributed by atoms with Crippen LogP contribution in [0.2, 0.25) is 0 Å². The van der Waals surface area contributed by atoms with Gasteiger partial charge in [-0.05, 0) is 37.1 Å². The van der Waals surface area contributed by atoms with Gasteiger partial charge in [-0.2, -0.15) is 0 Å². The van der Waals surface area contributed by atoms with Gasteiger partial charge >= 0.3 is 0 Å². The van der Waals surface area contributed by atoms with Crippen LogP contribution in [0.4, 0.5) is 0 Å². The molecule has 2 nitrogen and oxygen atoms in total. The van der Waals surface area contributed by atoms with E-state index in [1.807, 2.05) is 37.4 Å². The molecule has 3 heteroatoms. The number of halogens is 1. The molecule has 0 saturated heterocycles. The number of carbonyl (C=O) groups excluding carboxylic acids is 1. The van der Waals surface area contributed by atoms with E-state index >= 15 is 0 Å². The fourth-order valence-corrected chi connectivity index (χ4v) is 2.18. The Balaban J connectivity index is 2.20. The van der Waals surface area contributed by atoms with Crippen LogP contribution >= 0.6 is 15.9 Å². The van der Waals surface area contributed by atoms with E-state index in [9.17, 15) is 4.79 Å². The molecular weight excluding hydrogens is 278 g/mol. The van der Waals surface area contributed by atoms with Gasteiger partial charge in [-0.3, -0.25) is 4.79 Å². The van der Waals surface area contributed by atoms with Gasteiger partial charge in [0.25, 0.3) is 5.91 Å². The highest BCUT2D eigenvalue weighted by atomic mass is 79.9. The number of likely N-dealkylation sites (N-methyl/N-ethyl adjacent to an activating group) is 1. The van der Waals surface area contributed by atoms with E-state index in [4.69, 9.17) is 0 Å². The number of amides is 1. The number of benzene rings is 1. The third-order valence-electron chi connectivity index (χ3n) is 2.74. The molecule has 0 saturated carbocycles. The molecule has 1 aromatic rings. The van der Waals surface area contributed by atoms with Crippen LogP contribution in [-0.4, -0.2) is 17.9 Å². The molecule has 2 rings (SSSR count). The SMILES string of the molecule is CN(C(=O)c1cccc(Br)c1)C1=CCCC=C1. The second-order valence-electron chi connectivity index (χ2n) is 3.98. The average Bonchev–Trinajstić information content (AvgIpc) is 2.38. The average molecular weight is 292 g/mol. The minimum Gasteiger partial charge on any atom is -0.312 e. The lowest BCUT2D eigenvalue weighted by atomic mass is 10.1. The van der Waals surface area contributed by atoms with Crippen molar-refractivity contribution in [3.05, 3.63) is 58.2 Å². The molecule has 0 N–H and O–H groups in total. The molecule has 17 heavy (non-hydrogen) atoms. The molecule has 0 heterocycles. The fourth-order valence-electron chi connectivity index (χ4n) is 1.78. The molecule has 0 spiro atoms. The van der Waals surface area contributed by atoms with E-state index < -0.39 is 0 Å². The number of hydrogen-bond acceptors (Lipinski definition) is 1. The first-order chi connectivity index (χ1) is 8.18. The third kappa shape index (κ3) is 2.86. The van der Waals surface area contributed by atoms with E-state index in [-0.39, 0.29) is 5.91 Å². The summed E-state index contributed by atoms with van der Waals surface area (Å²) >= 11 is 3.38. The lowest BCUT2D eigenvalue weighted by Gasteiger charge is -2.20. The van der Waals surface area contributed by atoms with Gasteiger partial charge < -0.3 is 4.90 Å². The maximum atomic E-state index is 12.2. The standard InChI is InChI=1S/C14H14BrNO/c1-16(13-8-3-2-4-9-13)14(17)11-6-5-7-12(15)10-11/h3,5-10H,2,4H2,1H3. The summed E-state index contributed by atoms with van der Waals surface area (Å²) in [6.07, 6.45) is 8.25. The number of nitrogens with zero attached hydrogens (tertiary/aromatic N) is 1. The molecule has 0 bridgehead atoms. The van der Waals surface area contributed by atoms with Gasteiger partial charge in [0.1, 0.15) is 0 Å². The molecular formula is C14H14BrNO. The highest BCUT2D eigenvalue weighted by molar-refractivity contribution is 9.10. The number of hydrogen-bond donors (Lipinski definition) is 0. The smallest absolute Gasteiger partial charge is 0.258 e. The van der Waals surface area contributed by atoms with Crippen LogP contribution in [0.3, 0.4) is 0 Å². The Bertz CT molecular complexity index is 491. The van der Waals surface area contributed by atoms with Crippen LogP contribution in [0.15, 0.2) is 52.7 Å². The molecule has 0 aliphatic heterocycles. The molecule has 0 aromatic heterocycles. The van der Waals surface area contributed by atoms with Crippen LogP contribution < -0.4 is 0 Å². The predicted molar refractivity (Wildman–Crippen MR) is 72.7 cm³/mol. The number of rotatable bonds is 2. The quantitative estimate of drug-likeness (QED) is 0.813. The summed E-state index contributed by atoms with van der Waals surface area (Å²) in [7, 11) is 1.81. The number of carbonyl (C=O) groups is 1. The summed E-state index contributed by atoms with van der Waals surface area (Å²) in [6, 6.07) is 7.45. The highest BCUT2D eigenvalue weighted by Gasteiger charge is 2.14. The normalized spacial score (nSPS) is 14.4. The largest absolute Gasteiger partial charge is 0.312 e. The second-order valence-corrected chi connectivity index (χ2v) is 4.90. The summed E-state index contributed by atoms with van der Waals surface area (Å²) in [5, 5.41) is 0. The van der Waals surface area contributed by atoms with E-state index in [1.54, 1.807) is 4.90 Å². The maximum absolute atomic E-state index is 12.2. The maximum Gasteiger partial charge on any atom is 0.258 e. The van der Waals surface area contributed by atoms with Crippen molar-refractivity contribution in [2.24, 2.45) is 0 Å². The summed E-state index contributed by atoms with van der Waals surface area (Å²) in [5.41, 5.74) is 1.67. The minimum absolute atomic E-state index is 0.0177. The minimum atomic E-state index is 0.0177. The van der Waals surface area contributed by atoms with Crippen molar-refractivity contribution in [2.45, 2.75) is 12.8 Å². The molecule has 1 aliphatic rings. The zero-order chi connectivity index (χ0) is 12.3. The Morgan fingerprint density at radius 2 is 2.18 bits per heavy atom. The molecule has 0 radical (unpaired) electrons. The van der Waals surface area contributed by atoms with Gasteiger partial charge in [0.05, 0.1) is 0 Å². The van der Waals surface area contributed by atoms with Crippen molar-refractivity contribution in [3.8, 4) is 0 Å². The van der Waals surface area contributed by atoms with Gasteiger partial charge in [0.15, 0.2) is 0 Å². The Labute approximate surface area is 110 Å². The summed E-state index contributed by atoms with van der Waals surface area (Å²) < 4.78 is 0.921. The van der Waals surface area contributed by atoms with E-state index in [1.165, 1.54) is 0 Å². The summed E-state index contributed by atoms with van der Waals surface area (Å²) in [5.74, 6) is 0.0177. The van der Waals surface area contributed by atoms with E-state index in [0.717, 1.165) is 23.0 Å². The third-order valence-corrected chi connectivity index (χ3v) is 3.23. The van der Waals surface area contributed by atoms with Crippen molar-refractivity contribution < 1.29 is 4.79 Å². The molecule has 1 amide bonds. The zero-order valence-electron chi connectivity index (χ0n) is 9.69. The molecule has 1 aliphatic carbocycles. The summed E-state index contributed by atoms with van der Waals surface area (Å²) in [4.78, 5) is 13.9.